The Kier molecular flexibility index (Phi) is 4.14. The van der Waals surface area contributed by atoms with Crippen LogP contribution >= 0.6 is 0 Å². The highest BCUT2D eigenvalue weighted by atomic mass is 16.5. The highest BCUT2D eigenvalue weighted by Crippen LogP contribution is 2.18. The maximum atomic E-state index is 11.9. The molecule has 0 saturated heterocycles. The van der Waals surface area contributed by atoms with Gasteiger partial charge in [0, 0.05) is 6.07 Å². The minimum absolute atomic E-state index is 0.281. The highest BCUT2D eigenvalue weighted by Gasteiger charge is 2.21. The molecule has 20 heavy (non-hydrogen) atoms. The lowest BCUT2D eigenvalue weighted by Gasteiger charge is -2.17. The van der Waals surface area contributed by atoms with Gasteiger partial charge in [-0.15, -0.1) is 0 Å². The fourth-order valence-corrected chi connectivity index (χ4v) is 1.84. The van der Waals surface area contributed by atoms with Crippen molar-refractivity contribution >= 4 is 11.8 Å². The van der Waals surface area contributed by atoms with Crippen molar-refractivity contribution in [2.75, 3.05) is 12.4 Å². The number of aromatic amines is 1. The third kappa shape index (κ3) is 3.23. The van der Waals surface area contributed by atoms with Crippen LogP contribution in [0.4, 0.5) is 5.82 Å². The molecule has 6 heteroatoms. The van der Waals surface area contributed by atoms with Crippen LogP contribution in [0, 0.1) is 6.92 Å². The first-order chi connectivity index (χ1) is 9.60. The molecule has 2 aromatic rings. The molecule has 1 aromatic carbocycles. The van der Waals surface area contributed by atoms with Gasteiger partial charge in [0.15, 0.2) is 6.04 Å². The molecule has 2 rings (SSSR count). The normalized spacial score (nSPS) is 11.7. The van der Waals surface area contributed by atoms with Crippen molar-refractivity contribution in [3.8, 4) is 0 Å². The third-order valence-electron chi connectivity index (χ3n) is 2.72. The summed E-state index contributed by atoms with van der Waals surface area (Å²) in [5.74, 6) is 0.345. The summed E-state index contributed by atoms with van der Waals surface area (Å²) in [6.07, 6.45) is 0. The van der Waals surface area contributed by atoms with E-state index in [1.165, 1.54) is 13.2 Å². The van der Waals surface area contributed by atoms with E-state index in [0.717, 1.165) is 5.56 Å². The van der Waals surface area contributed by atoms with Gasteiger partial charge < -0.3 is 15.0 Å². The van der Waals surface area contributed by atoms with Gasteiger partial charge in [-0.2, -0.15) is 0 Å². The molecule has 0 saturated carbocycles. The van der Waals surface area contributed by atoms with Gasteiger partial charge in [0.1, 0.15) is 11.6 Å². The van der Waals surface area contributed by atoms with Gasteiger partial charge in [-0.1, -0.05) is 30.3 Å². The SMILES string of the molecule is COC(=O)C(Nc1cc(=O)[nH]c(C)n1)c1ccccc1. The van der Waals surface area contributed by atoms with Crippen LogP contribution in [-0.4, -0.2) is 23.0 Å². The van der Waals surface area contributed by atoms with Gasteiger partial charge in [-0.25, -0.2) is 9.78 Å². The largest absolute Gasteiger partial charge is 0.467 e. The summed E-state index contributed by atoms with van der Waals surface area (Å²) in [4.78, 5) is 30.0. The number of anilines is 1. The van der Waals surface area contributed by atoms with Gasteiger partial charge in [-0.3, -0.25) is 4.79 Å². The zero-order valence-electron chi connectivity index (χ0n) is 11.2. The van der Waals surface area contributed by atoms with Gasteiger partial charge in [0.05, 0.1) is 7.11 Å². The van der Waals surface area contributed by atoms with Crippen LogP contribution in [0.25, 0.3) is 0 Å². The van der Waals surface area contributed by atoms with Crippen molar-refractivity contribution in [1.82, 2.24) is 9.97 Å². The Morgan fingerprint density at radius 1 is 1.35 bits per heavy atom. The maximum Gasteiger partial charge on any atom is 0.333 e. The smallest absolute Gasteiger partial charge is 0.333 e. The van der Waals surface area contributed by atoms with Crippen molar-refractivity contribution in [1.29, 1.82) is 0 Å². The molecule has 0 aliphatic rings. The number of benzene rings is 1. The summed E-state index contributed by atoms with van der Waals surface area (Å²) in [6.45, 7) is 1.67. The molecule has 0 aliphatic heterocycles. The summed E-state index contributed by atoms with van der Waals surface area (Å²) >= 11 is 0. The maximum absolute atomic E-state index is 11.9. The van der Waals surface area contributed by atoms with Crippen molar-refractivity contribution < 1.29 is 9.53 Å². The van der Waals surface area contributed by atoms with Crippen molar-refractivity contribution in [2.45, 2.75) is 13.0 Å². The van der Waals surface area contributed by atoms with Crippen LogP contribution < -0.4 is 10.9 Å². The van der Waals surface area contributed by atoms with Crippen molar-refractivity contribution in [3.05, 3.63) is 58.1 Å². The summed E-state index contributed by atoms with van der Waals surface area (Å²) in [7, 11) is 1.32. The van der Waals surface area contributed by atoms with Crippen molar-refractivity contribution in [2.24, 2.45) is 0 Å². The molecule has 0 fully saturated rings. The number of methoxy groups -OCH3 is 1. The summed E-state index contributed by atoms with van der Waals surface area (Å²) in [5.41, 5.74) is 0.454. The quantitative estimate of drug-likeness (QED) is 0.823. The number of rotatable bonds is 4. The van der Waals surface area contributed by atoms with E-state index >= 15 is 0 Å². The molecule has 0 amide bonds. The number of H-pyrrole nitrogens is 1. The second-order valence-corrected chi connectivity index (χ2v) is 4.23. The molecule has 6 nitrogen and oxygen atoms in total. The van der Waals surface area contributed by atoms with Gasteiger partial charge in [0.2, 0.25) is 0 Å². The van der Waals surface area contributed by atoms with Gasteiger partial charge in [-0.05, 0) is 12.5 Å². The van der Waals surface area contributed by atoms with Crippen molar-refractivity contribution in [3.63, 3.8) is 0 Å². The first-order valence-electron chi connectivity index (χ1n) is 6.07. The average Bonchev–Trinajstić information content (AvgIpc) is 2.44. The summed E-state index contributed by atoms with van der Waals surface area (Å²) in [6, 6.07) is 9.69. The number of esters is 1. The molecule has 1 unspecified atom stereocenters. The number of aromatic nitrogens is 2. The summed E-state index contributed by atoms with van der Waals surface area (Å²) < 4.78 is 4.78. The van der Waals surface area contributed by atoms with E-state index in [-0.39, 0.29) is 5.56 Å². The minimum Gasteiger partial charge on any atom is -0.467 e. The molecule has 104 valence electrons. The zero-order valence-corrected chi connectivity index (χ0v) is 11.2. The lowest BCUT2D eigenvalue weighted by molar-refractivity contribution is -0.141. The van der Waals surface area contributed by atoms with E-state index in [0.29, 0.717) is 11.6 Å². The van der Waals surface area contributed by atoms with E-state index in [4.69, 9.17) is 4.74 Å². The Labute approximate surface area is 115 Å². The van der Waals surface area contributed by atoms with Gasteiger partial charge >= 0.3 is 5.97 Å². The van der Waals surface area contributed by atoms with Gasteiger partial charge in [0.25, 0.3) is 5.56 Å². The number of hydrogen-bond acceptors (Lipinski definition) is 5. The number of aryl methyl sites for hydroxylation is 1. The van der Waals surface area contributed by atoms with Crippen LogP contribution in [0.1, 0.15) is 17.4 Å². The minimum atomic E-state index is -0.713. The Balaban J connectivity index is 2.33. The number of ether oxygens (including phenoxy) is 1. The first kappa shape index (κ1) is 13.8. The molecule has 0 spiro atoms. The van der Waals surface area contributed by atoms with Crippen LogP contribution in [0.5, 0.6) is 0 Å². The molecule has 1 atom stereocenters. The fraction of sp³-hybridized carbons (Fsp3) is 0.214. The molecule has 1 heterocycles. The second kappa shape index (κ2) is 6.01. The van der Waals surface area contributed by atoms with Crippen LogP contribution in [-0.2, 0) is 9.53 Å². The highest BCUT2D eigenvalue weighted by molar-refractivity contribution is 5.80. The zero-order chi connectivity index (χ0) is 14.5. The lowest BCUT2D eigenvalue weighted by atomic mass is 10.1. The van der Waals surface area contributed by atoms with E-state index in [2.05, 4.69) is 15.3 Å². The standard InChI is InChI=1S/C14H15N3O3/c1-9-15-11(8-12(18)16-9)17-13(14(19)20-2)10-6-4-3-5-7-10/h3-8,13H,1-2H3,(H2,15,16,17,18). The second-order valence-electron chi connectivity index (χ2n) is 4.23. The van der Waals surface area contributed by atoms with E-state index in [9.17, 15) is 9.59 Å². The lowest BCUT2D eigenvalue weighted by Crippen LogP contribution is -2.24. The Morgan fingerprint density at radius 3 is 2.65 bits per heavy atom. The summed E-state index contributed by atoms with van der Waals surface area (Å²) in [5, 5.41) is 2.92. The van der Waals surface area contributed by atoms with E-state index in [1.54, 1.807) is 19.1 Å². The number of carbonyl (C=O) groups excluding carboxylic acids is 1. The Hall–Kier alpha value is -2.63. The predicted octanol–water partition coefficient (Wildman–Crippen LogP) is 1.40. The number of hydrogen-bond donors (Lipinski definition) is 2. The monoisotopic (exact) mass is 273 g/mol. The molecular weight excluding hydrogens is 258 g/mol. The number of nitrogens with one attached hydrogen (secondary N) is 2. The predicted molar refractivity (Wildman–Crippen MR) is 74.4 cm³/mol. The first-order valence-corrected chi connectivity index (χ1v) is 6.07. The molecule has 1 aromatic heterocycles. The molecule has 0 radical (unpaired) electrons. The topological polar surface area (TPSA) is 84.1 Å². The molecule has 2 N–H and O–H groups in total. The van der Waals surface area contributed by atoms with Crippen LogP contribution in [0.15, 0.2) is 41.2 Å². The van der Waals surface area contributed by atoms with E-state index in [1.807, 2.05) is 18.2 Å². The Morgan fingerprint density at radius 2 is 2.05 bits per heavy atom. The van der Waals surface area contributed by atoms with E-state index < -0.39 is 12.0 Å². The Bertz CT molecular complexity index is 652. The molecule has 0 bridgehead atoms. The molecular formula is C14H15N3O3. The molecule has 0 aliphatic carbocycles. The fourth-order valence-electron chi connectivity index (χ4n) is 1.84. The van der Waals surface area contributed by atoms with Crippen LogP contribution in [0.3, 0.4) is 0 Å². The number of nitrogens with zero attached hydrogens (tertiary/aromatic N) is 1. The third-order valence-corrected chi connectivity index (χ3v) is 2.72. The number of carbonyl (C=O) groups is 1. The average molecular weight is 273 g/mol. The van der Waals surface area contributed by atoms with Crippen LogP contribution in [0.2, 0.25) is 0 Å².